The summed E-state index contributed by atoms with van der Waals surface area (Å²) in [5, 5.41) is 4.49. The number of nitrogens with one attached hydrogen (secondary N) is 1. The third-order valence-corrected chi connectivity index (χ3v) is 4.75. The average molecular weight is 229 g/mol. The Kier molecular flexibility index (Phi) is 6.74. The Morgan fingerprint density at radius 2 is 1.80 bits per heavy atom. The Hall–Kier alpha value is 0.310. The van der Waals surface area contributed by atoms with E-state index in [0.717, 1.165) is 11.2 Å². The van der Waals surface area contributed by atoms with Crippen molar-refractivity contribution in [2.75, 3.05) is 12.3 Å². The first kappa shape index (κ1) is 13.4. The second kappa shape index (κ2) is 7.56. The van der Waals surface area contributed by atoms with Crippen molar-refractivity contribution in [3.63, 3.8) is 0 Å². The van der Waals surface area contributed by atoms with Crippen LogP contribution in [-0.2, 0) is 0 Å². The van der Waals surface area contributed by atoms with Gasteiger partial charge < -0.3 is 5.32 Å². The van der Waals surface area contributed by atoms with E-state index in [-0.39, 0.29) is 0 Å². The van der Waals surface area contributed by atoms with E-state index in [1.807, 2.05) is 0 Å². The number of hydrogen-bond acceptors (Lipinski definition) is 2. The first-order valence-corrected chi connectivity index (χ1v) is 7.58. The van der Waals surface area contributed by atoms with E-state index >= 15 is 0 Å². The minimum atomic E-state index is 0.632. The maximum absolute atomic E-state index is 3.52. The van der Waals surface area contributed by atoms with Crippen LogP contribution >= 0.6 is 11.8 Å². The highest BCUT2D eigenvalue weighted by molar-refractivity contribution is 7.99. The summed E-state index contributed by atoms with van der Waals surface area (Å²) in [6, 6.07) is 0.632. The quantitative estimate of drug-likeness (QED) is 0.745. The molecule has 2 heteroatoms. The van der Waals surface area contributed by atoms with Gasteiger partial charge in [0.15, 0.2) is 0 Å². The second-order valence-corrected chi connectivity index (χ2v) is 6.59. The van der Waals surface area contributed by atoms with E-state index in [1.165, 1.54) is 44.4 Å². The van der Waals surface area contributed by atoms with Crippen molar-refractivity contribution in [1.82, 2.24) is 5.32 Å². The third kappa shape index (κ3) is 6.47. The summed E-state index contributed by atoms with van der Waals surface area (Å²) in [5.74, 6) is 2.16. The lowest BCUT2D eigenvalue weighted by atomic mass is 10.0. The summed E-state index contributed by atoms with van der Waals surface area (Å²) in [6.45, 7) is 7.99. The molecule has 1 nitrogen and oxygen atoms in total. The molecule has 1 aliphatic rings. The van der Waals surface area contributed by atoms with Crippen LogP contribution in [-0.4, -0.2) is 23.6 Å². The molecule has 0 saturated heterocycles. The maximum Gasteiger partial charge on any atom is 0.00471 e. The Morgan fingerprint density at radius 3 is 2.40 bits per heavy atom. The summed E-state index contributed by atoms with van der Waals surface area (Å²) in [5.41, 5.74) is 0. The zero-order valence-electron chi connectivity index (χ0n) is 10.6. The Labute approximate surface area is 99.8 Å². The summed E-state index contributed by atoms with van der Waals surface area (Å²) >= 11 is 2.22. The normalized spacial score (nSPS) is 20.8. The molecule has 0 aromatic heterocycles. The number of hydrogen-bond donors (Lipinski definition) is 1. The van der Waals surface area contributed by atoms with Gasteiger partial charge in [0, 0.05) is 11.3 Å². The van der Waals surface area contributed by atoms with Crippen molar-refractivity contribution in [2.45, 2.75) is 64.2 Å². The van der Waals surface area contributed by atoms with E-state index < -0.39 is 0 Å². The first-order chi connectivity index (χ1) is 7.18. The molecule has 0 amide bonds. The molecular weight excluding hydrogens is 202 g/mol. The van der Waals surface area contributed by atoms with Gasteiger partial charge in [0.1, 0.15) is 0 Å². The largest absolute Gasteiger partial charge is 0.314 e. The monoisotopic (exact) mass is 229 g/mol. The minimum Gasteiger partial charge on any atom is -0.314 e. The van der Waals surface area contributed by atoms with Crippen LogP contribution in [0.5, 0.6) is 0 Å². The fourth-order valence-corrected chi connectivity index (χ4v) is 3.41. The van der Waals surface area contributed by atoms with Crippen LogP contribution in [0, 0.1) is 5.92 Å². The summed E-state index contributed by atoms with van der Waals surface area (Å²) < 4.78 is 0. The molecule has 1 N–H and O–H groups in total. The molecule has 0 heterocycles. The van der Waals surface area contributed by atoms with Crippen molar-refractivity contribution >= 4 is 11.8 Å². The van der Waals surface area contributed by atoms with Crippen LogP contribution in [0.3, 0.4) is 0 Å². The van der Waals surface area contributed by atoms with Gasteiger partial charge in [-0.25, -0.2) is 0 Å². The topological polar surface area (TPSA) is 12.0 Å². The van der Waals surface area contributed by atoms with Gasteiger partial charge in [0.25, 0.3) is 0 Å². The molecule has 1 saturated carbocycles. The van der Waals surface area contributed by atoms with Crippen LogP contribution in [0.25, 0.3) is 0 Å². The highest BCUT2D eigenvalue weighted by Crippen LogP contribution is 2.29. The zero-order chi connectivity index (χ0) is 11.1. The predicted molar refractivity (Wildman–Crippen MR) is 71.6 cm³/mol. The zero-order valence-corrected chi connectivity index (χ0v) is 11.4. The van der Waals surface area contributed by atoms with Crippen LogP contribution < -0.4 is 5.32 Å². The first-order valence-electron chi connectivity index (χ1n) is 6.53. The average Bonchev–Trinajstić information content (AvgIpc) is 2.25. The number of rotatable bonds is 6. The molecule has 15 heavy (non-hydrogen) atoms. The molecule has 1 rings (SSSR count). The molecule has 1 atom stereocenters. The standard InChI is InChI=1S/C13H27NS/c1-11(2)14-9-12(3)10-15-13-7-5-4-6-8-13/h11-14H,4-10H2,1-3H3. The van der Waals surface area contributed by atoms with E-state index in [2.05, 4.69) is 37.8 Å². The van der Waals surface area contributed by atoms with Gasteiger partial charge in [-0.05, 0) is 31.1 Å². The van der Waals surface area contributed by atoms with Crippen LogP contribution in [0.1, 0.15) is 52.9 Å². The summed E-state index contributed by atoms with van der Waals surface area (Å²) in [4.78, 5) is 0. The number of thioether (sulfide) groups is 1. The van der Waals surface area contributed by atoms with Crippen LogP contribution in [0.2, 0.25) is 0 Å². The maximum atomic E-state index is 3.52. The van der Waals surface area contributed by atoms with Crippen molar-refractivity contribution in [3.05, 3.63) is 0 Å². The van der Waals surface area contributed by atoms with Crippen molar-refractivity contribution in [2.24, 2.45) is 5.92 Å². The van der Waals surface area contributed by atoms with E-state index in [4.69, 9.17) is 0 Å². The highest BCUT2D eigenvalue weighted by Gasteiger charge is 2.14. The molecule has 0 radical (unpaired) electrons. The molecule has 1 aliphatic carbocycles. The molecule has 90 valence electrons. The van der Waals surface area contributed by atoms with Gasteiger partial charge in [0.05, 0.1) is 0 Å². The third-order valence-electron chi connectivity index (χ3n) is 3.04. The van der Waals surface area contributed by atoms with Crippen LogP contribution in [0.4, 0.5) is 0 Å². The molecule has 0 aliphatic heterocycles. The second-order valence-electron chi connectivity index (χ2n) is 5.26. The molecule has 0 aromatic rings. The van der Waals surface area contributed by atoms with Gasteiger partial charge >= 0.3 is 0 Å². The minimum absolute atomic E-state index is 0.632. The van der Waals surface area contributed by atoms with Crippen molar-refractivity contribution < 1.29 is 0 Å². The van der Waals surface area contributed by atoms with Gasteiger partial charge in [-0.2, -0.15) is 11.8 Å². The van der Waals surface area contributed by atoms with Gasteiger partial charge in [-0.15, -0.1) is 0 Å². The SMILES string of the molecule is CC(CNC(C)C)CSC1CCCCC1. The van der Waals surface area contributed by atoms with Crippen molar-refractivity contribution in [3.8, 4) is 0 Å². The summed E-state index contributed by atoms with van der Waals surface area (Å²) in [7, 11) is 0. The van der Waals surface area contributed by atoms with E-state index in [1.54, 1.807) is 0 Å². The highest BCUT2D eigenvalue weighted by atomic mass is 32.2. The van der Waals surface area contributed by atoms with E-state index in [0.29, 0.717) is 6.04 Å². The lowest BCUT2D eigenvalue weighted by molar-refractivity contribution is 0.501. The van der Waals surface area contributed by atoms with Crippen LogP contribution in [0.15, 0.2) is 0 Å². The molecular formula is C13H27NS. The molecule has 0 spiro atoms. The fraction of sp³-hybridized carbons (Fsp3) is 1.00. The molecule has 1 unspecified atom stereocenters. The molecule has 0 bridgehead atoms. The van der Waals surface area contributed by atoms with Gasteiger partial charge in [-0.3, -0.25) is 0 Å². The smallest absolute Gasteiger partial charge is 0.00471 e. The van der Waals surface area contributed by atoms with Crippen molar-refractivity contribution in [1.29, 1.82) is 0 Å². The molecule has 0 aromatic carbocycles. The fourth-order valence-electron chi connectivity index (χ4n) is 2.03. The van der Waals surface area contributed by atoms with E-state index in [9.17, 15) is 0 Å². The Balaban J connectivity index is 2.02. The lowest BCUT2D eigenvalue weighted by Crippen LogP contribution is -2.29. The van der Waals surface area contributed by atoms with Gasteiger partial charge in [0.2, 0.25) is 0 Å². The Morgan fingerprint density at radius 1 is 1.13 bits per heavy atom. The van der Waals surface area contributed by atoms with Gasteiger partial charge in [-0.1, -0.05) is 40.0 Å². The lowest BCUT2D eigenvalue weighted by Gasteiger charge is -2.23. The molecule has 1 fully saturated rings. The Bertz CT molecular complexity index is 153. The summed E-state index contributed by atoms with van der Waals surface area (Å²) in [6.07, 6.45) is 7.35. The predicted octanol–water partition coefficient (Wildman–Crippen LogP) is 3.69.